The van der Waals surface area contributed by atoms with E-state index >= 15 is 0 Å². The molecule has 92 heavy (non-hydrogen) atoms. The van der Waals surface area contributed by atoms with Crippen molar-refractivity contribution in [3.63, 3.8) is 0 Å². The Kier molecular flexibility index (Phi) is 99.8. The fraction of sp³-hybridized carbons (Fsp3) is 0.803. The summed E-state index contributed by atoms with van der Waals surface area (Å²) in [7, 11) is 0. The van der Waals surface area contributed by atoms with E-state index in [0.29, 0.717) is 20.3 Å². The molecule has 4 aliphatic rings. The van der Waals surface area contributed by atoms with Crippen molar-refractivity contribution in [2.24, 2.45) is 0 Å². The Labute approximate surface area is 555 Å². The molecule has 4 rings (SSSR count). The van der Waals surface area contributed by atoms with Crippen molar-refractivity contribution in [3.05, 3.63) is 0 Å². The summed E-state index contributed by atoms with van der Waals surface area (Å²) in [4.78, 5) is 160. The predicted molar refractivity (Wildman–Crippen MR) is 353 cm³/mol. The highest BCUT2D eigenvalue weighted by Gasteiger charge is 2.36. The summed E-state index contributed by atoms with van der Waals surface area (Å²) in [5.74, 6) is -8.86. The minimum atomic E-state index is -0.952. The van der Waals surface area contributed by atoms with Gasteiger partial charge in [-0.1, -0.05) is 141 Å². The van der Waals surface area contributed by atoms with Gasteiger partial charge >= 0.3 is 23.9 Å². The first kappa shape index (κ1) is 127. The number of imide groups is 4. The standard InChI is InChI=1S/C42H58N4O27.19CH4/c47-31-1-2-32(48)43(31)70-39(55)25-64-13-9-60-21-29(22-61-10-14-65-26-40(56)71-44-33(49)3-4-34(44)50)68-19-17-59-18-20-69-30(23-62-11-15-66-27-41(57)72-45-35(51)5-6-36(45)52)24-63-12-16-67-28-42(58)73-46-37(53)7-8-38(46)54;;;;;;;;;;;;;;;;;;;/h29-30H,1-28H2;19*1H4. The minimum absolute atomic E-state index is 0. The molecule has 0 N–H and O–H groups in total. The molecule has 0 aromatic heterocycles. The molecule has 0 atom stereocenters. The van der Waals surface area contributed by atoms with Gasteiger partial charge in [0.05, 0.1) is 106 Å². The van der Waals surface area contributed by atoms with Crippen LogP contribution in [0.4, 0.5) is 0 Å². The van der Waals surface area contributed by atoms with Gasteiger partial charge in [0.2, 0.25) is 0 Å². The molecule has 560 valence electrons. The number of nitrogens with zero attached hydrogens (tertiary/aromatic N) is 4. The van der Waals surface area contributed by atoms with E-state index in [0.717, 1.165) is 0 Å². The van der Waals surface area contributed by atoms with Crippen LogP contribution in [0.15, 0.2) is 0 Å². The lowest BCUT2D eigenvalue weighted by Gasteiger charge is -2.20. The SMILES string of the molecule is C.C.C.C.C.C.C.C.C.C.C.C.C.C.C.C.C.C.C.O=C(COCCOCC(COCCOCC(=O)ON1C(=O)CCC1=O)OCCOCCOC(COCCOCC(=O)ON1C(=O)CCC1=O)COCCOCC(=O)ON1C(=O)CCC1=O)ON1C(=O)CCC1=O. The van der Waals surface area contributed by atoms with Gasteiger partial charge in [-0.3, -0.25) is 38.4 Å². The molecule has 0 saturated carbocycles. The molecule has 4 heterocycles. The van der Waals surface area contributed by atoms with Gasteiger partial charge < -0.3 is 71.5 Å². The van der Waals surface area contributed by atoms with Crippen LogP contribution in [-0.4, -0.2) is 236 Å². The van der Waals surface area contributed by atoms with Gasteiger partial charge in [0.25, 0.3) is 47.3 Å². The number of hydrogen-bond acceptors (Lipinski definition) is 27. The monoisotopic (exact) mass is 1350 g/mol. The largest absolute Gasteiger partial charge is 0.377 e. The van der Waals surface area contributed by atoms with E-state index in [4.69, 9.17) is 71.5 Å². The van der Waals surface area contributed by atoms with Crippen LogP contribution in [0.1, 0.15) is 192 Å². The van der Waals surface area contributed by atoms with Crippen LogP contribution in [0.3, 0.4) is 0 Å². The molecular formula is C61H134N4O27. The molecular weight excluding hydrogens is 1220 g/mol. The Bertz CT molecular complexity index is 1610. The summed E-state index contributed by atoms with van der Waals surface area (Å²) < 4.78 is 60.6. The second-order valence-electron chi connectivity index (χ2n) is 15.3. The topological polar surface area (TPSA) is 356 Å². The lowest BCUT2D eigenvalue weighted by Crippen LogP contribution is -2.34. The van der Waals surface area contributed by atoms with Crippen LogP contribution in [0.25, 0.3) is 0 Å². The summed E-state index contributed by atoms with van der Waals surface area (Å²) in [5.41, 5.74) is 0. The quantitative estimate of drug-likeness (QED) is 0.0410. The Morgan fingerprint density at radius 2 is 0.391 bits per heavy atom. The van der Waals surface area contributed by atoms with Crippen molar-refractivity contribution >= 4 is 71.1 Å². The maximum absolute atomic E-state index is 12.0. The van der Waals surface area contributed by atoms with E-state index < -0.39 is 110 Å². The van der Waals surface area contributed by atoms with Crippen molar-refractivity contribution in [2.45, 2.75) is 205 Å². The Morgan fingerprint density at radius 3 is 0.565 bits per heavy atom. The number of amides is 8. The molecule has 4 aliphatic heterocycles. The molecule has 0 spiro atoms. The van der Waals surface area contributed by atoms with Gasteiger partial charge in [0.15, 0.2) is 0 Å². The van der Waals surface area contributed by atoms with Gasteiger partial charge in [0.1, 0.15) is 38.6 Å². The third kappa shape index (κ3) is 49.6. The first-order valence-corrected chi connectivity index (χ1v) is 22.9. The van der Waals surface area contributed by atoms with Crippen molar-refractivity contribution in [3.8, 4) is 0 Å². The van der Waals surface area contributed by atoms with Crippen LogP contribution in [0.5, 0.6) is 0 Å². The second kappa shape index (κ2) is 72.4. The van der Waals surface area contributed by atoms with Crippen LogP contribution in [0, 0.1) is 0 Å². The summed E-state index contributed by atoms with van der Waals surface area (Å²) in [5, 5.41) is 1.61. The molecule has 4 saturated heterocycles. The van der Waals surface area contributed by atoms with Crippen molar-refractivity contribution in [1.82, 2.24) is 20.3 Å². The number of hydroxylamine groups is 8. The van der Waals surface area contributed by atoms with Crippen LogP contribution in [-0.2, 0) is 129 Å². The molecule has 0 aliphatic carbocycles. The number of carbonyl (C=O) groups excluding carboxylic acids is 12. The molecule has 8 amide bonds. The van der Waals surface area contributed by atoms with E-state index in [-0.39, 0.29) is 298 Å². The Morgan fingerprint density at radius 1 is 0.239 bits per heavy atom. The number of hydrogen-bond donors (Lipinski definition) is 0. The third-order valence-corrected chi connectivity index (χ3v) is 9.54. The fourth-order valence-electron chi connectivity index (χ4n) is 6.03. The highest BCUT2D eigenvalue weighted by atomic mass is 16.8. The van der Waals surface area contributed by atoms with Gasteiger partial charge in [-0.25, -0.2) is 19.2 Å². The first-order valence-electron chi connectivity index (χ1n) is 22.9. The fourth-order valence-corrected chi connectivity index (χ4v) is 6.03. The van der Waals surface area contributed by atoms with Crippen molar-refractivity contribution < 1.29 is 129 Å². The highest BCUT2D eigenvalue weighted by Crippen LogP contribution is 2.15. The molecule has 0 radical (unpaired) electrons. The maximum Gasteiger partial charge on any atom is 0.358 e. The van der Waals surface area contributed by atoms with Gasteiger partial charge in [-0.05, 0) is 0 Å². The summed E-state index contributed by atoms with van der Waals surface area (Å²) in [6.07, 6.45) is -1.80. The average molecular weight is 1360 g/mol. The summed E-state index contributed by atoms with van der Waals surface area (Å²) in [6.45, 7) is -2.38. The molecule has 31 nitrogen and oxygen atoms in total. The molecule has 0 unspecified atom stereocenters. The van der Waals surface area contributed by atoms with Crippen LogP contribution >= 0.6 is 0 Å². The molecule has 31 heteroatoms. The van der Waals surface area contributed by atoms with Gasteiger partial charge in [0, 0.05) is 51.4 Å². The number of carbonyl (C=O) groups is 12. The zero-order chi connectivity index (χ0) is 52.8. The predicted octanol–water partition coefficient (Wildman–Crippen LogP) is 8.42. The minimum Gasteiger partial charge on any atom is -0.377 e. The van der Waals surface area contributed by atoms with Gasteiger partial charge in [-0.2, -0.15) is 0 Å². The second-order valence-corrected chi connectivity index (χ2v) is 15.3. The van der Waals surface area contributed by atoms with E-state index in [9.17, 15) is 57.5 Å². The lowest BCUT2D eigenvalue weighted by molar-refractivity contribution is -0.200. The summed E-state index contributed by atoms with van der Waals surface area (Å²) in [6, 6.07) is 0. The zero-order valence-electron chi connectivity index (χ0n) is 39.8. The van der Waals surface area contributed by atoms with Crippen molar-refractivity contribution in [2.75, 3.05) is 132 Å². The van der Waals surface area contributed by atoms with Crippen LogP contribution in [0.2, 0.25) is 0 Å². The maximum atomic E-state index is 12.0. The molecule has 0 bridgehead atoms. The van der Waals surface area contributed by atoms with Crippen molar-refractivity contribution in [1.29, 1.82) is 0 Å². The Hall–Kier alpha value is -6.00. The smallest absolute Gasteiger partial charge is 0.358 e. The van der Waals surface area contributed by atoms with E-state index in [1.54, 1.807) is 0 Å². The summed E-state index contributed by atoms with van der Waals surface area (Å²) >= 11 is 0. The van der Waals surface area contributed by atoms with E-state index in [1.165, 1.54) is 0 Å². The molecule has 0 aromatic rings. The third-order valence-electron chi connectivity index (χ3n) is 9.54. The number of rotatable bonds is 40. The van der Waals surface area contributed by atoms with E-state index in [2.05, 4.69) is 0 Å². The highest BCUT2D eigenvalue weighted by molar-refractivity contribution is 6.03. The lowest BCUT2D eigenvalue weighted by atomic mass is 10.4. The number of ether oxygens (including phenoxy) is 11. The average Bonchev–Trinajstić information content (AvgIpc) is 4.07. The Balaban J connectivity index is -0.000000217. The van der Waals surface area contributed by atoms with Crippen LogP contribution < -0.4 is 0 Å². The molecule has 4 fully saturated rings. The van der Waals surface area contributed by atoms with E-state index in [1.807, 2.05) is 0 Å². The normalized spacial score (nSPS) is 12.8. The zero-order valence-corrected chi connectivity index (χ0v) is 39.8. The molecule has 0 aromatic carbocycles. The first-order chi connectivity index (χ1) is 35.2. The van der Waals surface area contributed by atoms with Gasteiger partial charge in [-0.15, -0.1) is 20.3 Å².